The Balaban J connectivity index is 2.17. The Morgan fingerprint density at radius 1 is 1.35 bits per heavy atom. The highest BCUT2D eigenvalue weighted by molar-refractivity contribution is 7.89. The minimum atomic E-state index is -3.57. The van der Waals surface area contributed by atoms with Crippen LogP contribution in [0.25, 0.3) is 0 Å². The van der Waals surface area contributed by atoms with E-state index in [0.29, 0.717) is 26.1 Å². The van der Waals surface area contributed by atoms with Crippen molar-refractivity contribution in [3.63, 3.8) is 0 Å². The largest absolute Gasteiger partial charge is 0.388 e. The average Bonchev–Trinajstić information content (AvgIpc) is 2.39. The molecule has 6 heteroatoms. The van der Waals surface area contributed by atoms with E-state index in [2.05, 4.69) is 0 Å². The number of aliphatic hydroxyl groups is 1. The lowest BCUT2D eigenvalue weighted by atomic mass is 9.95. The van der Waals surface area contributed by atoms with E-state index in [1.54, 1.807) is 18.2 Å². The molecule has 0 saturated carbocycles. The van der Waals surface area contributed by atoms with E-state index in [-0.39, 0.29) is 11.4 Å². The molecule has 5 nitrogen and oxygen atoms in total. The van der Waals surface area contributed by atoms with Gasteiger partial charge < -0.3 is 9.84 Å². The summed E-state index contributed by atoms with van der Waals surface area (Å²) < 4.78 is 31.4. The van der Waals surface area contributed by atoms with Gasteiger partial charge in [0.15, 0.2) is 0 Å². The first kappa shape index (κ1) is 15.4. The lowest BCUT2D eigenvalue weighted by molar-refractivity contribution is -0.0689. The molecule has 2 rings (SSSR count). The molecule has 0 atom stereocenters. The molecule has 1 aromatic carbocycles. The number of aryl methyl sites for hydroxylation is 1. The van der Waals surface area contributed by atoms with Crippen LogP contribution in [-0.4, -0.2) is 50.2 Å². The van der Waals surface area contributed by atoms with Crippen LogP contribution in [0.3, 0.4) is 0 Å². The molecule has 20 heavy (non-hydrogen) atoms. The van der Waals surface area contributed by atoms with Gasteiger partial charge in [-0.25, -0.2) is 8.42 Å². The summed E-state index contributed by atoms with van der Waals surface area (Å²) in [6.45, 7) is 2.88. The predicted molar refractivity (Wildman–Crippen MR) is 76.0 cm³/mol. The normalized spacial score (nSPS) is 19.2. The number of nitrogens with zero attached hydrogens (tertiary/aromatic N) is 1. The molecule has 0 amide bonds. The molecule has 0 aliphatic carbocycles. The third-order valence-corrected chi connectivity index (χ3v) is 5.44. The number of likely N-dealkylation sites (N-methyl/N-ethyl adjacent to an activating group) is 1. The molecule has 1 saturated heterocycles. The number of hydrogen-bond acceptors (Lipinski definition) is 4. The van der Waals surface area contributed by atoms with Crippen molar-refractivity contribution < 1.29 is 18.3 Å². The maximum Gasteiger partial charge on any atom is 0.242 e. The van der Waals surface area contributed by atoms with Gasteiger partial charge in [0.25, 0.3) is 0 Å². The van der Waals surface area contributed by atoms with Crippen molar-refractivity contribution in [1.29, 1.82) is 0 Å². The Morgan fingerprint density at radius 3 is 2.60 bits per heavy atom. The van der Waals surface area contributed by atoms with Crippen molar-refractivity contribution >= 4 is 10.0 Å². The molecule has 1 fully saturated rings. The predicted octanol–water partition coefficient (Wildman–Crippen LogP) is 1.16. The molecule has 0 aromatic heterocycles. The molecular formula is C14H21NO4S. The summed E-state index contributed by atoms with van der Waals surface area (Å²) in [6.07, 6.45) is 0.918. The first-order valence-electron chi connectivity index (χ1n) is 6.67. The van der Waals surface area contributed by atoms with Crippen molar-refractivity contribution in [3.05, 3.63) is 29.8 Å². The summed E-state index contributed by atoms with van der Waals surface area (Å²) in [5.74, 6) is 0. The van der Waals surface area contributed by atoms with Crippen LogP contribution in [0.2, 0.25) is 0 Å². The van der Waals surface area contributed by atoms with Gasteiger partial charge in [-0.1, -0.05) is 12.1 Å². The number of sulfonamides is 1. The van der Waals surface area contributed by atoms with Crippen LogP contribution >= 0.6 is 0 Å². The zero-order chi connectivity index (χ0) is 14.8. The third-order valence-electron chi connectivity index (χ3n) is 3.64. The quantitative estimate of drug-likeness (QED) is 0.906. The number of rotatable bonds is 4. The average molecular weight is 299 g/mol. The fraction of sp³-hybridized carbons (Fsp3) is 0.571. The van der Waals surface area contributed by atoms with Gasteiger partial charge in [0.2, 0.25) is 10.0 Å². The molecule has 1 heterocycles. The van der Waals surface area contributed by atoms with Crippen molar-refractivity contribution in [2.75, 3.05) is 26.8 Å². The van der Waals surface area contributed by atoms with Crippen molar-refractivity contribution in [1.82, 2.24) is 4.31 Å². The van der Waals surface area contributed by atoms with E-state index < -0.39 is 15.6 Å². The second-order valence-corrected chi connectivity index (χ2v) is 7.46. The van der Waals surface area contributed by atoms with Gasteiger partial charge in [-0.2, -0.15) is 4.31 Å². The SMILES string of the molecule is Cc1cccc(S(=O)(=O)N(C)CC2(O)CCOCC2)c1. The third kappa shape index (κ3) is 3.38. The van der Waals surface area contributed by atoms with Crippen LogP contribution in [0.4, 0.5) is 0 Å². The molecule has 1 aliphatic rings. The van der Waals surface area contributed by atoms with Gasteiger partial charge in [0.05, 0.1) is 10.5 Å². The molecule has 1 aromatic rings. The number of ether oxygens (including phenoxy) is 1. The zero-order valence-corrected chi connectivity index (χ0v) is 12.7. The van der Waals surface area contributed by atoms with E-state index in [1.807, 2.05) is 13.0 Å². The Labute approximate surface area is 120 Å². The first-order valence-corrected chi connectivity index (χ1v) is 8.11. The van der Waals surface area contributed by atoms with Crippen molar-refractivity contribution in [3.8, 4) is 0 Å². The Hall–Kier alpha value is -0.950. The maximum atomic E-state index is 12.5. The Bertz CT molecular complexity index is 564. The first-order chi connectivity index (χ1) is 9.33. The van der Waals surface area contributed by atoms with Crippen LogP contribution in [0.15, 0.2) is 29.2 Å². The summed E-state index contributed by atoms with van der Waals surface area (Å²) in [5.41, 5.74) is -0.103. The fourth-order valence-corrected chi connectivity index (χ4v) is 3.72. The Morgan fingerprint density at radius 2 is 2.00 bits per heavy atom. The topological polar surface area (TPSA) is 66.8 Å². The standard InChI is InChI=1S/C14H21NO4S/c1-12-4-3-5-13(10-12)20(17,18)15(2)11-14(16)6-8-19-9-7-14/h3-5,10,16H,6-9,11H2,1-2H3. The van der Waals surface area contributed by atoms with E-state index in [0.717, 1.165) is 5.56 Å². The number of hydrogen-bond donors (Lipinski definition) is 1. The minimum absolute atomic E-state index is 0.0899. The second kappa shape index (κ2) is 5.81. The van der Waals surface area contributed by atoms with Gasteiger partial charge in [0.1, 0.15) is 0 Å². The molecule has 0 bridgehead atoms. The van der Waals surface area contributed by atoms with Crippen molar-refractivity contribution in [2.45, 2.75) is 30.3 Å². The molecule has 1 aliphatic heterocycles. The lowest BCUT2D eigenvalue weighted by Crippen LogP contribution is -2.47. The summed E-state index contributed by atoms with van der Waals surface area (Å²) in [7, 11) is -2.06. The lowest BCUT2D eigenvalue weighted by Gasteiger charge is -2.35. The second-order valence-electron chi connectivity index (χ2n) is 5.41. The highest BCUT2D eigenvalue weighted by Crippen LogP contribution is 2.24. The monoisotopic (exact) mass is 299 g/mol. The Kier molecular flexibility index (Phi) is 4.49. The van der Waals surface area contributed by atoms with E-state index >= 15 is 0 Å². The molecular weight excluding hydrogens is 278 g/mol. The summed E-state index contributed by atoms with van der Waals surface area (Å²) in [6, 6.07) is 6.79. The maximum absolute atomic E-state index is 12.5. The van der Waals surface area contributed by atoms with Gasteiger partial charge in [-0.05, 0) is 24.6 Å². The summed E-state index contributed by atoms with van der Waals surface area (Å²) in [5, 5.41) is 10.4. The molecule has 0 unspecified atom stereocenters. The van der Waals surface area contributed by atoms with Crippen LogP contribution in [0.1, 0.15) is 18.4 Å². The van der Waals surface area contributed by atoms with Crippen LogP contribution in [-0.2, 0) is 14.8 Å². The molecule has 0 spiro atoms. The zero-order valence-electron chi connectivity index (χ0n) is 11.9. The highest BCUT2D eigenvalue weighted by atomic mass is 32.2. The van der Waals surface area contributed by atoms with Gasteiger partial charge in [0, 0.05) is 39.6 Å². The van der Waals surface area contributed by atoms with Crippen LogP contribution < -0.4 is 0 Å². The molecule has 0 radical (unpaired) electrons. The molecule has 112 valence electrons. The van der Waals surface area contributed by atoms with Gasteiger partial charge in [-0.3, -0.25) is 0 Å². The highest BCUT2D eigenvalue weighted by Gasteiger charge is 2.34. The van der Waals surface area contributed by atoms with E-state index in [1.165, 1.54) is 11.4 Å². The van der Waals surface area contributed by atoms with Crippen LogP contribution in [0, 0.1) is 6.92 Å². The summed E-state index contributed by atoms with van der Waals surface area (Å²) in [4.78, 5) is 0.260. The summed E-state index contributed by atoms with van der Waals surface area (Å²) >= 11 is 0. The fourth-order valence-electron chi connectivity index (χ4n) is 2.36. The van der Waals surface area contributed by atoms with Gasteiger partial charge in [-0.15, -0.1) is 0 Å². The van der Waals surface area contributed by atoms with Gasteiger partial charge >= 0.3 is 0 Å². The minimum Gasteiger partial charge on any atom is -0.388 e. The molecule has 1 N–H and O–H groups in total. The number of benzene rings is 1. The van der Waals surface area contributed by atoms with Crippen molar-refractivity contribution in [2.24, 2.45) is 0 Å². The van der Waals surface area contributed by atoms with Crippen LogP contribution in [0.5, 0.6) is 0 Å². The van der Waals surface area contributed by atoms with E-state index in [4.69, 9.17) is 4.74 Å². The van der Waals surface area contributed by atoms with E-state index in [9.17, 15) is 13.5 Å². The smallest absolute Gasteiger partial charge is 0.242 e.